The van der Waals surface area contributed by atoms with E-state index in [0.717, 1.165) is 26.1 Å². The van der Waals surface area contributed by atoms with Crippen LogP contribution >= 0.6 is 0 Å². The molecule has 0 spiro atoms. The topological polar surface area (TPSA) is 59.4 Å². The normalized spacial score (nSPS) is 17.4. The minimum Gasteiger partial charge on any atom is -0.377 e. The number of aromatic nitrogens is 2. The summed E-state index contributed by atoms with van der Waals surface area (Å²) in [5, 5.41) is 6.88. The fraction of sp³-hybridized carbons (Fsp3) is 0.444. The van der Waals surface area contributed by atoms with Crippen LogP contribution in [0.25, 0.3) is 0 Å². The number of rotatable bonds is 6. The number of hydrogen-bond acceptors (Lipinski definition) is 4. The number of anilines is 1. The molecule has 1 aromatic heterocycles. The van der Waals surface area contributed by atoms with Crippen LogP contribution in [0.4, 0.5) is 5.69 Å². The predicted molar refractivity (Wildman–Crippen MR) is 92.9 cm³/mol. The van der Waals surface area contributed by atoms with Gasteiger partial charge in [0.25, 0.3) is 5.91 Å². The van der Waals surface area contributed by atoms with Crippen molar-refractivity contribution >= 4 is 11.6 Å². The number of nitrogens with zero attached hydrogens (tertiary/aromatic N) is 3. The van der Waals surface area contributed by atoms with Crippen LogP contribution in [0.3, 0.4) is 0 Å². The maximum Gasteiger partial charge on any atom is 0.255 e. The van der Waals surface area contributed by atoms with Crippen molar-refractivity contribution in [1.82, 2.24) is 14.7 Å². The summed E-state index contributed by atoms with van der Waals surface area (Å²) in [6.07, 6.45) is 6.08. The third kappa shape index (κ3) is 4.43. The van der Waals surface area contributed by atoms with Crippen molar-refractivity contribution < 1.29 is 9.53 Å². The largest absolute Gasteiger partial charge is 0.377 e. The Bertz CT molecular complexity index is 675. The van der Waals surface area contributed by atoms with Crippen LogP contribution in [-0.4, -0.2) is 46.9 Å². The second-order valence-corrected chi connectivity index (χ2v) is 6.39. The predicted octanol–water partition coefficient (Wildman–Crippen LogP) is 2.28. The van der Waals surface area contributed by atoms with Crippen LogP contribution in [0.1, 0.15) is 28.8 Å². The molecule has 1 aromatic carbocycles. The molecule has 3 rings (SSSR count). The number of likely N-dealkylation sites (N-methyl/N-ethyl adjacent to an activating group) is 1. The van der Waals surface area contributed by atoms with Gasteiger partial charge in [-0.15, -0.1) is 0 Å². The number of carbonyl (C=O) groups is 1. The fourth-order valence-electron chi connectivity index (χ4n) is 2.96. The SMILES string of the molecule is CN(Cc1ccc(C(=O)Nc2cnn(C)c2)cc1)C[C@H]1CCCO1. The van der Waals surface area contributed by atoms with E-state index >= 15 is 0 Å². The Labute approximate surface area is 142 Å². The van der Waals surface area contributed by atoms with Gasteiger partial charge in [0.05, 0.1) is 18.0 Å². The van der Waals surface area contributed by atoms with Crippen molar-refractivity contribution in [1.29, 1.82) is 0 Å². The van der Waals surface area contributed by atoms with Crippen LogP contribution in [0.15, 0.2) is 36.7 Å². The van der Waals surface area contributed by atoms with Gasteiger partial charge in [-0.25, -0.2) is 0 Å². The summed E-state index contributed by atoms with van der Waals surface area (Å²) in [6, 6.07) is 7.73. The summed E-state index contributed by atoms with van der Waals surface area (Å²) in [5.41, 5.74) is 2.53. The van der Waals surface area contributed by atoms with Gasteiger partial charge in [-0.2, -0.15) is 5.10 Å². The minimum atomic E-state index is -0.123. The lowest BCUT2D eigenvalue weighted by atomic mass is 10.1. The Kier molecular flexibility index (Phi) is 5.27. The van der Waals surface area contributed by atoms with Crippen molar-refractivity contribution in [2.24, 2.45) is 7.05 Å². The molecule has 1 amide bonds. The summed E-state index contributed by atoms with van der Waals surface area (Å²) >= 11 is 0. The molecule has 2 aromatic rings. The average molecular weight is 328 g/mol. The fourth-order valence-corrected chi connectivity index (χ4v) is 2.96. The van der Waals surface area contributed by atoms with Crippen LogP contribution < -0.4 is 5.32 Å². The van der Waals surface area contributed by atoms with Crippen molar-refractivity contribution in [2.75, 3.05) is 25.5 Å². The molecule has 1 aliphatic rings. The molecule has 1 N–H and O–H groups in total. The summed E-state index contributed by atoms with van der Waals surface area (Å²) in [6.45, 7) is 2.69. The van der Waals surface area contributed by atoms with Gasteiger partial charge in [0.15, 0.2) is 0 Å². The van der Waals surface area contributed by atoms with E-state index in [0.29, 0.717) is 17.4 Å². The molecule has 0 bridgehead atoms. The lowest BCUT2D eigenvalue weighted by Crippen LogP contribution is -2.28. The summed E-state index contributed by atoms with van der Waals surface area (Å²) in [4.78, 5) is 14.5. The molecule has 24 heavy (non-hydrogen) atoms. The van der Waals surface area contributed by atoms with Gasteiger partial charge in [-0.05, 0) is 37.6 Å². The highest BCUT2D eigenvalue weighted by molar-refractivity contribution is 6.04. The van der Waals surface area contributed by atoms with Gasteiger partial charge >= 0.3 is 0 Å². The standard InChI is InChI=1S/C18H24N4O2/c1-21(13-17-4-3-9-24-17)11-14-5-7-15(8-6-14)18(23)20-16-10-19-22(2)12-16/h5-8,10,12,17H,3-4,9,11,13H2,1-2H3,(H,20,23)/t17-/m1/s1. The molecule has 2 heterocycles. The molecule has 1 saturated heterocycles. The van der Waals surface area contributed by atoms with Crippen molar-refractivity contribution in [3.05, 3.63) is 47.8 Å². The quantitative estimate of drug-likeness (QED) is 0.884. The Balaban J connectivity index is 1.53. The summed E-state index contributed by atoms with van der Waals surface area (Å²) in [5.74, 6) is -0.123. The Morgan fingerprint density at radius 3 is 2.83 bits per heavy atom. The van der Waals surface area contributed by atoms with E-state index in [1.165, 1.54) is 12.0 Å². The minimum absolute atomic E-state index is 0.123. The molecule has 0 radical (unpaired) electrons. The van der Waals surface area contributed by atoms with Gasteiger partial charge in [0, 0.05) is 38.5 Å². The van der Waals surface area contributed by atoms with E-state index in [9.17, 15) is 4.79 Å². The average Bonchev–Trinajstić information content (AvgIpc) is 3.20. The Hall–Kier alpha value is -2.18. The second-order valence-electron chi connectivity index (χ2n) is 6.39. The first-order chi connectivity index (χ1) is 11.6. The number of hydrogen-bond donors (Lipinski definition) is 1. The van der Waals surface area contributed by atoms with Gasteiger partial charge in [-0.3, -0.25) is 14.4 Å². The highest BCUT2D eigenvalue weighted by atomic mass is 16.5. The first kappa shape index (κ1) is 16.7. The molecule has 0 saturated carbocycles. The first-order valence-electron chi connectivity index (χ1n) is 8.29. The van der Waals surface area contributed by atoms with Gasteiger partial charge in [-0.1, -0.05) is 12.1 Å². The highest BCUT2D eigenvalue weighted by Gasteiger charge is 2.17. The third-order valence-corrected chi connectivity index (χ3v) is 4.17. The van der Waals surface area contributed by atoms with E-state index in [-0.39, 0.29) is 5.91 Å². The Morgan fingerprint density at radius 1 is 1.42 bits per heavy atom. The van der Waals surface area contributed by atoms with Crippen molar-refractivity contribution in [3.8, 4) is 0 Å². The zero-order chi connectivity index (χ0) is 16.9. The molecule has 0 unspecified atom stereocenters. The van der Waals surface area contributed by atoms with Crippen LogP contribution in [0, 0.1) is 0 Å². The van der Waals surface area contributed by atoms with Crippen molar-refractivity contribution in [2.45, 2.75) is 25.5 Å². The van der Waals surface area contributed by atoms with Crippen LogP contribution in [0.5, 0.6) is 0 Å². The van der Waals surface area contributed by atoms with Gasteiger partial charge in [0.1, 0.15) is 0 Å². The molecule has 6 nitrogen and oxygen atoms in total. The zero-order valence-electron chi connectivity index (χ0n) is 14.2. The monoisotopic (exact) mass is 328 g/mol. The van der Waals surface area contributed by atoms with Crippen LogP contribution in [-0.2, 0) is 18.3 Å². The molecule has 1 aliphatic heterocycles. The summed E-state index contributed by atoms with van der Waals surface area (Å²) in [7, 11) is 3.92. The molecule has 1 atom stereocenters. The molecular weight excluding hydrogens is 304 g/mol. The number of benzene rings is 1. The van der Waals surface area contributed by atoms with E-state index in [2.05, 4.69) is 22.4 Å². The van der Waals surface area contributed by atoms with E-state index in [1.54, 1.807) is 17.1 Å². The molecule has 128 valence electrons. The maximum atomic E-state index is 12.2. The highest BCUT2D eigenvalue weighted by Crippen LogP contribution is 2.15. The molecule has 0 aliphatic carbocycles. The number of aryl methyl sites for hydroxylation is 1. The first-order valence-corrected chi connectivity index (χ1v) is 8.29. The third-order valence-electron chi connectivity index (χ3n) is 4.17. The number of ether oxygens (including phenoxy) is 1. The lowest BCUT2D eigenvalue weighted by Gasteiger charge is -2.20. The second kappa shape index (κ2) is 7.59. The smallest absolute Gasteiger partial charge is 0.255 e. The Morgan fingerprint density at radius 2 is 2.21 bits per heavy atom. The van der Waals surface area contributed by atoms with Gasteiger partial charge in [0.2, 0.25) is 0 Å². The summed E-state index contributed by atoms with van der Waals surface area (Å²) < 4.78 is 7.32. The molecule has 1 fully saturated rings. The number of carbonyl (C=O) groups excluding carboxylic acids is 1. The zero-order valence-corrected chi connectivity index (χ0v) is 14.2. The molecule has 6 heteroatoms. The number of nitrogens with one attached hydrogen (secondary N) is 1. The van der Waals surface area contributed by atoms with E-state index in [4.69, 9.17) is 4.74 Å². The molecular formula is C18H24N4O2. The van der Waals surface area contributed by atoms with Crippen molar-refractivity contribution in [3.63, 3.8) is 0 Å². The van der Waals surface area contributed by atoms with E-state index < -0.39 is 0 Å². The van der Waals surface area contributed by atoms with Gasteiger partial charge < -0.3 is 10.1 Å². The maximum absolute atomic E-state index is 12.2. The lowest BCUT2D eigenvalue weighted by molar-refractivity contribution is 0.0793. The van der Waals surface area contributed by atoms with E-state index in [1.807, 2.05) is 31.3 Å². The van der Waals surface area contributed by atoms with Crippen LogP contribution in [0.2, 0.25) is 0 Å². The number of amides is 1.